The van der Waals surface area contributed by atoms with Gasteiger partial charge in [0.15, 0.2) is 0 Å². The zero-order chi connectivity index (χ0) is 24.8. The highest BCUT2D eigenvalue weighted by Gasteiger charge is 2.48. The van der Waals surface area contributed by atoms with Crippen molar-refractivity contribution in [3.63, 3.8) is 0 Å². The number of aryl methyl sites for hydroxylation is 1. The normalized spacial score (nSPS) is 22.4. The van der Waals surface area contributed by atoms with Gasteiger partial charge in [-0.15, -0.1) is 0 Å². The smallest absolute Gasteiger partial charge is 0.371 e. The van der Waals surface area contributed by atoms with Crippen molar-refractivity contribution in [2.75, 3.05) is 24.5 Å². The van der Waals surface area contributed by atoms with Gasteiger partial charge < -0.3 is 10.2 Å². The van der Waals surface area contributed by atoms with Gasteiger partial charge in [-0.1, -0.05) is 0 Å². The topological polar surface area (TPSA) is 77.2 Å². The number of hydrogen-bond acceptors (Lipinski definition) is 5. The molecule has 0 radical (unpaired) electrons. The third-order valence-electron chi connectivity index (χ3n) is 7.59. The lowest BCUT2D eigenvalue weighted by molar-refractivity contribution is -0.137. The fourth-order valence-electron chi connectivity index (χ4n) is 5.54. The standard InChI is InChI=1S/C25H29F3N6O/c1-32-14-17(13-30-32)15-34-16-24(11-22(34)23(35)31-19-3-4-19)6-8-33(9-7-24)20-5-2-18(12-29)21(10-20)25(26,27)28/h2,5,10,13-14,19,22H,3-4,6-9,11,15-16H2,1H3,(H,31,35). The van der Waals surface area contributed by atoms with Crippen molar-refractivity contribution in [3.8, 4) is 6.07 Å². The summed E-state index contributed by atoms with van der Waals surface area (Å²) in [5, 5.41) is 16.5. The van der Waals surface area contributed by atoms with E-state index in [1.807, 2.05) is 24.3 Å². The molecule has 2 aliphatic heterocycles. The third-order valence-corrected chi connectivity index (χ3v) is 7.59. The molecule has 1 unspecified atom stereocenters. The highest BCUT2D eigenvalue weighted by Crippen LogP contribution is 2.45. The van der Waals surface area contributed by atoms with Crippen LogP contribution in [0.3, 0.4) is 0 Å². The number of carbonyl (C=O) groups is 1. The molecule has 35 heavy (non-hydrogen) atoms. The number of alkyl halides is 3. The summed E-state index contributed by atoms with van der Waals surface area (Å²) < 4.78 is 42.1. The van der Waals surface area contributed by atoms with Crippen LogP contribution in [0.15, 0.2) is 30.6 Å². The fraction of sp³-hybridized carbons (Fsp3) is 0.560. The summed E-state index contributed by atoms with van der Waals surface area (Å²) in [6.07, 6.45) is 3.63. The summed E-state index contributed by atoms with van der Waals surface area (Å²) >= 11 is 0. The Bertz CT molecular complexity index is 1140. The van der Waals surface area contributed by atoms with Crippen LogP contribution in [0.25, 0.3) is 0 Å². The average Bonchev–Trinajstić information content (AvgIpc) is 3.44. The number of piperidine rings is 1. The van der Waals surface area contributed by atoms with Gasteiger partial charge in [-0.3, -0.25) is 14.4 Å². The van der Waals surface area contributed by atoms with Gasteiger partial charge >= 0.3 is 6.18 Å². The maximum absolute atomic E-state index is 13.4. The van der Waals surface area contributed by atoms with Crippen molar-refractivity contribution in [1.82, 2.24) is 20.0 Å². The summed E-state index contributed by atoms with van der Waals surface area (Å²) in [7, 11) is 1.87. The molecule has 2 saturated heterocycles. The van der Waals surface area contributed by atoms with Crippen LogP contribution < -0.4 is 10.2 Å². The van der Waals surface area contributed by atoms with Gasteiger partial charge in [-0.05, 0) is 55.7 Å². The molecule has 5 rings (SSSR count). The van der Waals surface area contributed by atoms with Gasteiger partial charge in [-0.2, -0.15) is 23.5 Å². The second-order valence-electron chi connectivity index (χ2n) is 10.3. The summed E-state index contributed by atoms with van der Waals surface area (Å²) in [5.74, 6) is 0.0811. The predicted molar refractivity (Wildman–Crippen MR) is 123 cm³/mol. The van der Waals surface area contributed by atoms with E-state index in [1.54, 1.807) is 16.8 Å². The Balaban J connectivity index is 1.31. The maximum Gasteiger partial charge on any atom is 0.417 e. The Kier molecular flexibility index (Phi) is 5.99. The molecule has 1 N–H and O–H groups in total. The van der Waals surface area contributed by atoms with E-state index in [0.29, 0.717) is 31.4 Å². The second kappa shape index (κ2) is 8.86. The molecule has 3 aliphatic rings. The number of nitrogens with zero attached hydrogens (tertiary/aromatic N) is 5. The van der Waals surface area contributed by atoms with Crippen LogP contribution >= 0.6 is 0 Å². The van der Waals surface area contributed by atoms with E-state index in [9.17, 15) is 18.0 Å². The van der Waals surface area contributed by atoms with E-state index < -0.39 is 11.7 Å². The number of nitriles is 1. The van der Waals surface area contributed by atoms with Crippen LogP contribution in [0.1, 0.15) is 48.8 Å². The summed E-state index contributed by atoms with van der Waals surface area (Å²) in [6.45, 7) is 2.65. The fourth-order valence-corrected chi connectivity index (χ4v) is 5.54. The number of hydrogen-bond donors (Lipinski definition) is 1. The molecule has 1 spiro atoms. The molecule has 1 aromatic carbocycles. The number of nitrogens with one attached hydrogen (secondary N) is 1. The molecule has 2 aromatic rings. The largest absolute Gasteiger partial charge is 0.417 e. The number of likely N-dealkylation sites (tertiary alicyclic amines) is 1. The minimum absolute atomic E-state index is 0.0519. The SMILES string of the molecule is Cn1cc(CN2CC3(CCN(c4ccc(C#N)c(C(F)(F)F)c4)CC3)CC2C(=O)NC2CC2)cn1. The average molecular weight is 487 g/mol. The lowest BCUT2D eigenvalue weighted by Crippen LogP contribution is -2.43. The zero-order valence-electron chi connectivity index (χ0n) is 19.7. The van der Waals surface area contributed by atoms with Gasteiger partial charge in [0.1, 0.15) is 0 Å². The van der Waals surface area contributed by atoms with Crippen molar-refractivity contribution < 1.29 is 18.0 Å². The molecule has 3 fully saturated rings. The summed E-state index contributed by atoms with van der Waals surface area (Å²) in [5.41, 5.74) is 0.242. The molecule has 186 valence electrons. The number of carbonyl (C=O) groups excluding carboxylic acids is 1. The first-order valence-corrected chi connectivity index (χ1v) is 12.0. The molecule has 3 heterocycles. The molecular weight excluding hydrogens is 457 g/mol. The number of rotatable bonds is 5. The van der Waals surface area contributed by atoms with Crippen LogP contribution in [-0.4, -0.2) is 52.3 Å². The minimum Gasteiger partial charge on any atom is -0.371 e. The van der Waals surface area contributed by atoms with E-state index in [0.717, 1.165) is 50.3 Å². The van der Waals surface area contributed by atoms with Crippen LogP contribution in [0, 0.1) is 16.7 Å². The zero-order valence-corrected chi connectivity index (χ0v) is 19.7. The predicted octanol–water partition coefficient (Wildman–Crippen LogP) is 3.45. The molecule has 1 aromatic heterocycles. The van der Waals surface area contributed by atoms with Crippen molar-refractivity contribution >= 4 is 11.6 Å². The summed E-state index contributed by atoms with van der Waals surface area (Å²) in [6, 6.07) is 5.66. The van der Waals surface area contributed by atoms with Gasteiger partial charge in [0.2, 0.25) is 5.91 Å². The highest BCUT2D eigenvalue weighted by molar-refractivity contribution is 5.82. The van der Waals surface area contributed by atoms with Crippen molar-refractivity contribution in [2.24, 2.45) is 12.5 Å². The van der Waals surface area contributed by atoms with E-state index in [2.05, 4.69) is 15.3 Å². The highest BCUT2D eigenvalue weighted by atomic mass is 19.4. The van der Waals surface area contributed by atoms with Gasteiger partial charge in [0.05, 0.1) is 29.4 Å². The Morgan fingerprint density at radius 1 is 1.29 bits per heavy atom. The first-order chi connectivity index (χ1) is 16.7. The second-order valence-corrected chi connectivity index (χ2v) is 10.3. The van der Waals surface area contributed by atoms with Gasteiger partial charge in [0, 0.05) is 56.7 Å². The molecule has 1 atom stereocenters. The Morgan fingerprint density at radius 2 is 2.03 bits per heavy atom. The molecule has 1 saturated carbocycles. The lowest BCUT2D eigenvalue weighted by Gasteiger charge is -2.40. The third kappa shape index (κ3) is 5.01. The quantitative estimate of drug-likeness (QED) is 0.701. The lowest BCUT2D eigenvalue weighted by atomic mass is 9.76. The van der Waals surface area contributed by atoms with Crippen LogP contribution in [0.4, 0.5) is 18.9 Å². The van der Waals surface area contributed by atoms with E-state index >= 15 is 0 Å². The first kappa shape index (κ1) is 23.7. The molecular formula is C25H29F3N6O. The van der Waals surface area contributed by atoms with Crippen molar-refractivity contribution in [3.05, 3.63) is 47.3 Å². The van der Waals surface area contributed by atoms with E-state index in [1.165, 1.54) is 6.07 Å². The Labute approximate surface area is 202 Å². The van der Waals surface area contributed by atoms with Crippen molar-refractivity contribution in [2.45, 2.75) is 56.9 Å². The number of amides is 1. The van der Waals surface area contributed by atoms with Crippen LogP contribution in [-0.2, 0) is 24.6 Å². The molecule has 0 bridgehead atoms. The number of aromatic nitrogens is 2. The van der Waals surface area contributed by atoms with Crippen molar-refractivity contribution in [1.29, 1.82) is 5.26 Å². The van der Waals surface area contributed by atoms with Gasteiger partial charge in [-0.25, -0.2) is 0 Å². The van der Waals surface area contributed by atoms with E-state index in [4.69, 9.17) is 5.26 Å². The first-order valence-electron chi connectivity index (χ1n) is 12.0. The maximum atomic E-state index is 13.4. The molecule has 10 heteroatoms. The summed E-state index contributed by atoms with van der Waals surface area (Å²) in [4.78, 5) is 17.3. The van der Waals surface area contributed by atoms with E-state index in [-0.39, 0.29) is 22.9 Å². The minimum atomic E-state index is -4.57. The number of benzene rings is 1. The Hall–Kier alpha value is -3.06. The molecule has 7 nitrogen and oxygen atoms in total. The number of halogens is 3. The monoisotopic (exact) mass is 486 g/mol. The molecule has 1 amide bonds. The molecule has 1 aliphatic carbocycles. The van der Waals surface area contributed by atoms with Crippen LogP contribution in [0.2, 0.25) is 0 Å². The Morgan fingerprint density at radius 3 is 2.63 bits per heavy atom. The number of anilines is 1. The van der Waals surface area contributed by atoms with Gasteiger partial charge in [0.25, 0.3) is 0 Å². The van der Waals surface area contributed by atoms with Crippen LogP contribution in [0.5, 0.6) is 0 Å².